The summed E-state index contributed by atoms with van der Waals surface area (Å²) in [6.07, 6.45) is 2.16. The van der Waals surface area contributed by atoms with E-state index in [9.17, 15) is 4.79 Å². The summed E-state index contributed by atoms with van der Waals surface area (Å²) in [5.74, 6) is 2.88. The summed E-state index contributed by atoms with van der Waals surface area (Å²) in [6, 6.07) is 27.9. The first kappa shape index (κ1) is 30.3. The molecule has 0 N–H and O–H groups in total. The fourth-order valence-electron chi connectivity index (χ4n) is 5.61. The molecule has 0 bridgehead atoms. The van der Waals surface area contributed by atoms with Gasteiger partial charge in [0.15, 0.2) is 6.79 Å². The van der Waals surface area contributed by atoms with Crippen molar-refractivity contribution in [2.45, 2.75) is 44.3 Å². The van der Waals surface area contributed by atoms with Crippen molar-refractivity contribution < 1.29 is 38.0 Å². The molecule has 238 valence electrons. The molecule has 0 saturated carbocycles. The summed E-state index contributed by atoms with van der Waals surface area (Å²) in [5, 5.41) is 0. The Hall–Kier alpha value is -4.37. The van der Waals surface area contributed by atoms with Gasteiger partial charge in [-0.2, -0.15) is 0 Å². The monoisotopic (exact) mass is 622 g/mol. The minimum atomic E-state index is -0.254. The van der Waals surface area contributed by atoms with Crippen molar-refractivity contribution in [1.29, 1.82) is 0 Å². The van der Waals surface area contributed by atoms with E-state index in [4.69, 9.17) is 33.2 Å². The maximum Gasteiger partial charge on any atom is 0.311 e. The zero-order chi connectivity index (χ0) is 31.3. The molecule has 8 nitrogen and oxygen atoms in total. The highest BCUT2D eigenvalue weighted by Crippen LogP contribution is 2.47. The lowest BCUT2D eigenvalue weighted by atomic mass is 9.99. The molecule has 3 aliphatic rings. The van der Waals surface area contributed by atoms with Gasteiger partial charge < -0.3 is 33.2 Å². The summed E-state index contributed by atoms with van der Waals surface area (Å²) < 4.78 is 39.2. The molecule has 2 saturated heterocycles. The smallest absolute Gasteiger partial charge is 0.311 e. The second-order valence-electron chi connectivity index (χ2n) is 11.9. The second kappa shape index (κ2) is 14.0. The van der Waals surface area contributed by atoms with Gasteiger partial charge in [-0.25, -0.2) is 0 Å². The summed E-state index contributed by atoms with van der Waals surface area (Å²) >= 11 is 0. The van der Waals surface area contributed by atoms with Crippen LogP contribution in [0.15, 0.2) is 84.9 Å². The Morgan fingerprint density at radius 1 is 0.674 bits per heavy atom. The molecule has 2 fully saturated rings. The number of benzene rings is 4. The molecule has 2 aliphatic heterocycles. The Bertz CT molecular complexity index is 1640. The molecule has 3 atom stereocenters. The standard InChI is InChI=1S/C38H38O8/c1-25-36-18-30(45-24-40-17-16-27-4-9-29(10-5-27)42-21-33-23-44-33)11-13-34(36)35-14-12-31(19-37(25)35)46-38(39)15-6-26-2-7-28(8-3-26)41-20-32-22-43-32/h2-5,7-14,18-19,25,32-33H,6,15-17,20-24H2,1H3. The van der Waals surface area contributed by atoms with E-state index in [1.807, 2.05) is 60.7 Å². The van der Waals surface area contributed by atoms with Crippen LogP contribution in [0.1, 0.15) is 41.5 Å². The number of ether oxygens (including phenoxy) is 7. The number of epoxide rings is 2. The zero-order valence-electron chi connectivity index (χ0n) is 25.9. The molecule has 4 aromatic carbocycles. The lowest BCUT2D eigenvalue weighted by molar-refractivity contribution is -0.134. The van der Waals surface area contributed by atoms with Crippen LogP contribution >= 0.6 is 0 Å². The van der Waals surface area contributed by atoms with Gasteiger partial charge in [0.05, 0.1) is 19.8 Å². The number of carbonyl (C=O) groups is 1. The van der Waals surface area contributed by atoms with Gasteiger partial charge in [-0.15, -0.1) is 0 Å². The molecule has 0 amide bonds. The van der Waals surface area contributed by atoms with Gasteiger partial charge in [-0.3, -0.25) is 4.79 Å². The van der Waals surface area contributed by atoms with Gasteiger partial charge in [0.1, 0.15) is 48.4 Å². The van der Waals surface area contributed by atoms with Crippen LogP contribution < -0.4 is 18.9 Å². The van der Waals surface area contributed by atoms with Gasteiger partial charge >= 0.3 is 5.97 Å². The number of rotatable bonds is 16. The number of hydrogen-bond donors (Lipinski definition) is 0. The fraction of sp³-hybridized carbons (Fsp3) is 0.342. The van der Waals surface area contributed by atoms with Crippen molar-refractivity contribution in [2.24, 2.45) is 0 Å². The highest BCUT2D eigenvalue weighted by Gasteiger charge is 2.27. The van der Waals surface area contributed by atoms with Crippen molar-refractivity contribution in [3.63, 3.8) is 0 Å². The first-order chi connectivity index (χ1) is 22.6. The van der Waals surface area contributed by atoms with Crippen LogP contribution in [0.5, 0.6) is 23.0 Å². The third kappa shape index (κ3) is 7.88. The van der Waals surface area contributed by atoms with Crippen LogP contribution in [0, 0.1) is 0 Å². The quantitative estimate of drug-likeness (QED) is 0.0460. The Morgan fingerprint density at radius 2 is 1.20 bits per heavy atom. The van der Waals surface area contributed by atoms with Crippen LogP contribution in [-0.4, -0.2) is 58.0 Å². The average molecular weight is 623 g/mol. The van der Waals surface area contributed by atoms with Crippen LogP contribution in [-0.2, 0) is 31.8 Å². The molecule has 2 heterocycles. The van der Waals surface area contributed by atoms with E-state index in [-0.39, 0.29) is 30.9 Å². The van der Waals surface area contributed by atoms with Gasteiger partial charge in [-0.1, -0.05) is 43.3 Å². The normalized spacial score (nSPS) is 18.8. The second-order valence-corrected chi connectivity index (χ2v) is 11.9. The van der Waals surface area contributed by atoms with E-state index in [0.29, 0.717) is 38.4 Å². The highest BCUT2D eigenvalue weighted by atomic mass is 16.7. The first-order valence-electron chi connectivity index (χ1n) is 15.9. The van der Waals surface area contributed by atoms with Crippen LogP contribution in [0.4, 0.5) is 0 Å². The molecule has 8 heteroatoms. The highest BCUT2D eigenvalue weighted by molar-refractivity contribution is 5.81. The summed E-state index contributed by atoms with van der Waals surface area (Å²) in [7, 11) is 0. The SMILES string of the molecule is CC1c2cc(OCOCCc3ccc(OCC4CO4)cc3)ccc2-c2ccc(OC(=O)CCc3ccc(OCC4CO4)cc3)cc21. The Balaban J connectivity index is 0.854. The summed E-state index contributed by atoms with van der Waals surface area (Å²) in [4.78, 5) is 12.7. The first-order valence-corrected chi connectivity index (χ1v) is 15.9. The molecule has 3 unspecified atom stereocenters. The van der Waals surface area contributed by atoms with E-state index in [2.05, 4.69) is 31.2 Å². The van der Waals surface area contributed by atoms with E-state index in [1.165, 1.54) is 16.7 Å². The van der Waals surface area contributed by atoms with Gasteiger partial charge in [0, 0.05) is 12.3 Å². The van der Waals surface area contributed by atoms with Crippen LogP contribution in [0.25, 0.3) is 11.1 Å². The molecule has 1 aliphatic carbocycles. The van der Waals surface area contributed by atoms with E-state index >= 15 is 0 Å². The van der Waals surface area contributed by atoms with Crippen molar-refractivity contribution >= 4 is 5.97 Å². The number of hydrogen-bond acceptors (Lipinski definition) is 8. The predicted molar refractivity (Wildman–Crippen MR) is 172 cm³/mol. The van der Waals surface area contributed by atoms with Gasteiger partial charge in [0.25, 0.3) is 0 Å². The third-order valence-corrected chi connectivity index (χ3v) is 8.49. The number of esters is 1. The predicted octanol–water partition coefficient (Wildman–Crippen LogP) is 6.51. The summed E-state index contributed by atoms with van der Waals surface area (Å²) in [6.45, 7) is 5.65. The molecule has 46 heavy (non-hydrogen) atoms. The van der Waals surface area contributed by atoms with Crippen molar-refractivity contribution in [2.75, 3.05) is 39.8 Å². The maximum atomic E-state index is 12.7. The van der Waals surface area contributed by atoms with Crippen molar-refractivity contribution in [1.82, 2.24) is 0 Å². The molecule has 0 spiro atoms. The molecule has 7 rings (SSSR count). The molecular formula is C38H38O8. The van der Waals surface area contributed by atoms with Gasteiger partial charge in [-0.05, 0) is 94.8 Å². The number of fused-ring (bicyclic) bond motifs is 3. The fourth-order valence-corrected chi connectivity index (χ4v) is 5.61. The van der Waals surface area contributed by atoms with Crippen molar-refractivity contribution in [3.05, 3.63) is 107 Å². The lowest BCUT2D eigenvalue weighted by Gasteiger charge is -2.11. The van der Waals surface area contributed by atoms with Crippen LogP contribution in [0.3, 0.4) is 0 Å². The molecule has 0 radical (unpaired) electrons. The lowest BCUT2D eigenvalue weighted by Crippen LogP contribution is -2.09. The third-order valence-electron chi connectivity index (χ3n) is 8.49. The molecular weight excluding hydrogens is 584 g/mol. The van der Waals surface area contributed by atoms with Crippen LogP contribution in [0.2, 0.25) is 0 Å². The topological polar surface area (TPSA) is 88.3 Å². The zero-order valence-corrected chi connectivity index (χ0v) is 25.9. The Morgan fingerprint density at radius 3 is 1.78 bits per heavy atom. The summed E-state index contributed by atoms with van der Waals surface area (Å²) in [5.41, 5.74) is 6.88. The van der Waals surface area contributed by atoms with E-state index in [1.54, 1.807) is 0 Å². The minimum Gasteiger partial charge on any atom is -0.491 e. The van der Waals surface area contributed by atoms with E-state index < -0.39 is 0 Å². The molecule has 0 aromatic heterocycles. The number of aryl methyl sites for hydroxylation is 1. The van der Waals surface area contributed by atoms with Gasteiger partial charge in [0.2, 0.25) is 0 Å². The molecule has 4 aromatic rings. The average Bonchev–Trinajstić information content (AvgIpc) is 4.02. The number of carbonyl (C=O) groups excluding carboxylic acids is 1. The van der Waals surface area contributed by atoms with Crippen molar-refractivity contribution in [3.8, 4) is 34.1 Å². The maximum absolute atomic E-state index is 12.7. The Labute approximate surface area is 269 Å². The largest absolute Gasteiger partial charge is 0.491 e. The van der Waals surface area contributed by atoms with E-state index in [0.717, 1.165) is 53.6 Å². The Kier molecular flexibility index (Phi) is 9.19. The minimum absolute atomic E-state index is 0.143.